The molecule has 0 rings (SSSR count). The third-order valence-electron chi connectivity index (χ3n) is 10.4. The van der Waals surface area contributed by atoms with E-state index in [1.54, 1.807) is 6.08 Å². The van der Waals surface area contributed by atoms with Gasteiger partial charge in [0.25, 0.3) is 0 Å². The molecule has 0 aromatic rings. The number of allylic oxidation sites excluding steroid dienone is 3. The molecule has 50 heavy (non-hydrogen) atoms. The van der Waals surface area contributed by atoms with E-state index in [0.29, 0.717) is 6.42 Å². The van der Waals surface area contributed by atoms with Gasteiger partial charge in [-0.3, -0.25) is 4.79 Å². The largest absolute Gasteiger partial charge is 0.394 e. The maximum atomic E-state index is 12.4. The van der Waals surface area contributed by atoms with Crippen molar-refractivity contribution in [2.75, 3.05) is 6.61 Å². The highest BCUT2D eigenvalue weighted by Crippen LogP contribution is 2.16. The van der Waals surface area contributed by atoms with Crippen LogP contribution < -0.4 is 5.32 Å². The van der Waals surface area contributed by atoms with Crippen LogP contribution in [-0.4, -0.2) is 34.9 Å². The zero-order valence-electron chi connectivity index (χ0n) is 33.9. The lowest BCUT2D eigenvalue weighted by atomic mass is 10.0. The first-order chi connectivity index (χ1) is 24.7. The molecule has 0 radical (unpaired) electrons. The summed E-state index contributed by atoms with van der Waals surface area (Å²) in [4.78, 5) is 12.4. The van der Waals surface area contributed by atoms with Crippen LogP contribution in [0.15, 0.2) is 24.3 Å². The van der Waals surface area contributed by atoms with Crippen molar-refractivity contribution in [3.63, 3.8) is 0 Å². The number of aliphatic hydroxyl groups is 2. The van der Waals surface area contributed by atoms with Gasteiger partial charge in [-0.15, -0.1) is 0 Å². The number of unbranched alkanes of at least 4 members (excludes halogenated alkanes) is 32. The molecular formula is C46H89NO3. The van der Waals surface area contributed by atoms with Gasteiger partial charge in [0.05, 0.1) is 18.8 Å². The molecule has 0 aliphatic carbocycles. The fraction of sp³-hybridized carbons (Fsp3) is 0.891. The molecule has 0 aromatic heterocycles. The molecule has 0 fully saturated rings. The number of hydrogen-bond acceptors (Lipinski definition) is 3. The molecule has 0 saturated carbocycles. The quantitative estimate of drug-likeness (QED) is 0.0438. The topological polar surface area (TPSA) is 69.6 Å². The van der Waals surface area contributed by atoms with E-state index in [9.17, 15) is 15.0 Å². The molecule has 1 amide bonds. The van der Waals surface area contributed by atoms with E-state index in [-0.39, 0.29) is 12.5 Å². The predicted octanol–water partition coefficient (Wildman–Crippen LogP) is 14.0. The Kier molecular flexibility index (Phi) is 41.3. The molecular weight excluding hydrogens is 615 g/mol. The molecule has 2 unspecified atom stereocenters. The number of hydrogen-bond donors (Lipinski definition) is 3. The number of nitrogens with one attached hydrogen (secondary N) is 1. The Balaban J connectivity index is 3.55. The monoisotopic (exact) mass is 704 g/mol. The van der Waals surface area contributed by atoms with Crippen LogP contribution >= 0.6 is 0 Å². The van der Waals surface area contributed by atoms with Gasteiger partial charge in [0.15, 0.2) is 0 Å². The van der Waals surface area contributed by atoms with Gasteiger partial charge in [-0.05, 0) is 44.9 Å². The molecule has 0 aliphatic heterocycles. The summed E-state index contributed by atoms with van der Waals surface area (Å²) in [5.41, 5.74) is 0. The van der Waals surface area contributed by atoms with E-state index in [1.807, 2.05) is 6.08 Å². The molecule has 0 saturated heterocycles. The van der Waals surface area contributed by atoms with E-state index in [1.165, 1.54) is 193 Å². The van der Waals surface area contributed by atoms with Crippen LogP contribution in [0.4, 0.5) is 0 Å². The number of carbonyl (C=O) groups excluding carboxylic acids is 1. The van der Waals surface area contributed by atoms with Crippen molar-refractivity contribution in [2.24, 2.45) is 0 Å². The number of amides is 1. The van der Waals surface area contributed by atoms with Gasteiger partial charge in [0.2, 0.25) is 5.91 Å². The van der Waals surface area contributed by atoms with Gasteiger partial charge in [-0.2, -0.15) is 0 Å². The van der Waals surface area contributed by atoms with Gasteiger partial charge in [-0.1, -0.05) is 218 Å². The Morgan fingerprint density at radius 2 is 0.760 bits per heavy atom. The highest BCUT2D eigenvalue weighted by molar-refractivity contribution is 5.76. The number of rotatable bonds is 41. The highest BCUT2D eigenvalue weighted by Gasteiger charge is 2.17. The molecule has 0 aliphatic rings. The van der Waals surface area contributed by atoms with Crippen LogP contribution in [0.25, 0.3) is 0 Å². The minimum Gasteiger partial charge on any atom is -0.394 e. The first kappa shape index (κ1) is 48.9. The van der Waals surface area contributed by atoms with E-state index in [4.69, 9.17) is 0 Å². The van der Waals surface area contributed by atoms with E-state index >= 15 is 0 Å². The molecule has 3 N–H and O–H groups in total. The minimum absolute atomic E-state index is 0.0705. The Bertz CT molecular complexity index is 720. The second-order valence-electron chi connectivity index (χ2n) is 15.5. The van der Waals surface area contributed by atoms with Crippen LogP contribution in [0.5, 0.6) is 0 Å². The summed E-state index contributed by atoms with van der Waals surface area (Å²) in [7, 11) is 0. The van der Waals surface area contributed by atoms with Gasteiger partial charge < -0.3 is 15.5 Å². The zero-order valence-corrected chi connectivity index (χ0v) is 33.9. The Morgan fingerprint density at radius 3 is 1.10 bits per heavy atom. The van der Waals surface area contributed by atoms with E-state index in [2.05, 4.69) is 31.3 Å². The summed E-state index contributed by atoms with van der Waals surface area (Å²) < 4.78 is 0. The summed E-state index contributed by atoms with van der Waals surface area (Å²) in [6.45, 7) is 4.32. The number of carbonyl (C=O) groups is 1. The maximum absolute atomic E-state index is 12.4. The zero-order chi connectivity index (χ0) is 36.4. The standard InChI is InChI=1S/C46H89NO3/c1-3-5-7-9-11-13-15-17-19-21-22-23-24-25-26-27-29-31-33-35-37-39-41-45(49)44(43-48)47-46(50)42-40-38-36-34-32-30-28-20-18-16-14-12-10-8-6-4-2/h20,28,39,41,44-45,48-49H,3-19,21-27,29-38,40,42-43H2,1-2H3,(H,47,50)/b28-20-,41-39+. The van der Waals surface area contributed by atoms with Crippen molar-refractivity contribution in [1.29, 1.82) is 0 Å². The third kappa shape index (κ3) is 38.1. The average Bonchev–Trinajstić information content (AvgIpc) is 3.12. The fourth-order valence-corrected chi connectivity index (χ4v) is 6.94. The van der Waals surface area contributed by atoms with Crippen LogP contribution in [0.2, 0.25) is 0 Å². The van der Waals surface area contributed by atoms with Crippen molar-refractivity contribution in [3.05, 3.63) is 24.3 Å². The Hall–Kier alpha value is -1.13. The third-order valence-corrected chi connectivity index (χ3v) is 10.4. The lowest BCUT2D eigenvalue weighted by Gasteiger charge is -2.20. The van der Waals surface area contributed by atoms with Crippen LogP contribution in [-0.2, 0) is 4.79 Å². The van der Waals surface area contributed by atoms with Crippen LogP contribution in [0.3, 0.4) is 0 Å². The Labute approximate surface area is 313 Å². The van der Waals surface area contributed by atoms with Gasteiger partial charge in [0, 0.05) is 6.42 Å². The molecule has 0 aromatic carbocycles. The smallest absolute Gasteiger partial charge is 0.220 e. The minimum atomic E-state index is -0.840. The lowest BCUT2D eigenvalue weighted by molar-refractivity contribution is -0.123. The van der Waals surface area contributed by atoms with Gasteiger partial charge in [-0.25, -0.2) is 0 Å². The van der Waals surface area contributed by atoms with Crippen LogP contribution in [0.1, 0.15) is 245 Å². The summed E-state index contributed by atoms with van der Waals surface area (Å²) in [5, 5.41) is 23.0. The van der Waals surface area contributed by atoms with Crippen LogP contribution in [0, 0.1) is 0 Å². The average molecular weight is 704 g/mol. The van der Waals surface area contributed by atoms with Crippen molar-refractivity contribution in [3.8, 4) is 0 Å². The van der Waals surface area contributed by atoms with E-state index < -0.39 is 12.1 Å². The second kappa shape index (κ2) is 42.3. The lowest BCUT2D eigenvalue weighted by Crippen LogP contribution is -2.45. The molecule has 2 atom stereocenters. The SMILES string of the molecule is CCCCCCCCC/C=C\CCCCCCCC(=O)NC(CO)C(O)/C=C/CCCCCCCCCCCCCCCCCCCCCC. The van der Waals surface area contributed by atoms with Crippen molar-refractivity contribution in [2.45, 2.75) is 257 Å². The predicted molar refractivity (Wildman–Crippen MR) is 221 cm³/mol. The van der Waals surface area contributed by atoms with Gasteiger partial charge in [0.1, 0.15) is 0 Å². The first-order valence-corrected chi connectivity index (χ1v) is 22.6. The van der Waals surface area contributed by atoms with E-state index in [0.717, 1.165) is 32.1 Å². The summed E-state index contributed by atoms with van der Waals surface area (Å²) in [6.07, 6.45) is 54.3. The van der Waals surface area contributed by atoms with Crippen molar-refractivity contribution in [1.82, 2.24) is 5.32 Å². The number of aliphatic hydroxyl groups excluding tert-OH is 2. The summed E-state index contributed by atoms with van der Waals surface area (Å²) in [6, 6.07) is -0.624. The molecule has 0 bridgehead atoms. The fourth-order valence-electron chi connectivity index (χ4n) is 6.94. The molecule has 0 spiro atoms. The highest BCUT2D eigenvalue weighted by atomic mass is 16.3. The molecule has 0 heterocycles. The normalized spacial score (nSPS) is 13.1. The molecule has 4 heteroatoms. The van der Waals surface area contributed by atoms with Crippen molar-refractivity contribution >= 4 is 5.91 Å². The first-order valence-electron chi connectivity index (χ1n) is 22.6. The second-order valence-corrected chi connectivity index (χ2v) is 15.5. The van der Waals surface area contributed by atoms with Gasteiger partial charge >= 0.3 is 0 Å². The van der Waals surface area contributed by atoms with Crippen molar-refractivity contribution < 1.29 is 15.0 Å². The maximum Gasteiger partial charge on any atom is 0.220 e. The Morgan fingerprint density at radius 1 is 0.460 bits per heavy atom. The summed E-state index contributed by atoms with van der Waals surface area (Å²) in [5.74, 6) is -0.0705. The molecule has 296 valence electrons. The summed E-state index contributed by atoms with van der Waals surface area (Å²) >= 11 is 0. The molecule has 4 nitrogen and oxygen atoms in total.